The standard InChI is InChI=1S/C11H8ClN3S2/c12-6-2-1-3-7-10(6)17-11(15-7)8-5-16-9(4-13)14-8/h1-3,5H,4,13H2. The topological polar surface area (TPSA) is 51.8 Å². The van der Waals surface area contributed by atoms with E-state index in [1.165, 1.54) is 0 Å². The average Bonchev–Trinajstić information content (AvgIpc) is 2.95. The van der Waals surface area contributed by atoms with E-state index in [1.807, 2.05) is 23.6 Å². The lowest BCUT2D eigenvalue weighted by Gasteiger charge is -1.87. The minimum atomic E-state index is 0.469. The maximum absolute atomic E-state index is 6.12. The normalized spacial score (nSPS) is 11.2. The Hall–Kier alpha value is -1.01. The fraction of sp³-hybridized carbons (Fsp3) is 0.0909. The number of benzene rings is 1. The lowest BCUT2D eigenvalue weighted by Crippen LogP contribution is -1.94. The molecule has 2 aromatic heterocycles. The first-order valence-corrected chi connectivity index (χ1v) is 7.05. The van der Waals surface area contributed by atoms with Gasteiger partial charge in [-0.1, -0.05) is 17.7 Å². The Balaban J connectivity index is 2.14. The van der Waals surface area contributed by atoms with Crippen LogP contribution < -0.4 is 5.73 Å². The van der Waals surface area contributed by atoms with Crippen molar-refractivity contribution in [1.82, 2.24) is 9.97 Å². The number of halogens is 1. The number of thiazole rings is 2. The predicted octanol–water partition coefficient (Wildman–Crippen LogP) is 3.53. The first-order valence-electron chi connectivity index (χ1n) is 4.98. The van der Waals surface area contributed by atoms with Gasteiger partial charge in [-0.15, -0.1) is 22.7 Å². The average molecular weight is 282 g/mol. The van der Waals surface area contributed by atoms with Gasteiger partial charge >= 0.3 is 0 Å². The molecular formula is C11H8ClN3S2. The SMILES string of the molecule is NCc1nc(-c2nc3cccc(Cl)c3s2)cs1. The second kappa shape index (κ2) is 4.34. The fourth-order valence-electron chi connectivity index (χ4n) is 1.53. The lowest BCUT2D eigenvalue weighted by molar-refractivity contribution is 1.04. The van der Waals surface area contributed by atoms with Crippen LogP contribution in [0, 0.1) is 0 Å². The molecule has 0 bridgehead atoms. The molecule has 3 nitrogen and oxygen atoms in total. The van der Waals surface area contributed by atoms with Crippen LogP contribution in [0.3, 0.4) is 0 Å². The molecule has 0 aliphatic rings. The first kappa shape index (κ1) is 11.1. The summed E-state index contributed by atoms with van der Waals surface area (Å²) in [7, 11) is 0. The molecule has 0 aliphatic carbocycles. The van der Waals surface area contributed by atoms with Gasteiger partial charge < -0.3 is 5.73 Å². The molecule has 86 valence electrons. The van der Waals surface area contributed by atoms with Gasteiger partial charge in [0.05, 0.1) is 15.2 Å². The van der Waals surface area contributed by atoms with Crippen LogP contribution in [-0.2, 0) is 6.54 Å². The smallest absolute Gasteiger partial charge is 0.144 e. The second-order valence-corrected chi connectivity index (χ2v) is 5.79. The largest absolute Gasteiger partial charge is 0.325 e. The predicted molar refractivity (Wildman–Crippen MR) is 73.6 cm³/mol. The summed E-state index contributed by atoms with van der Waals surface area (Å²) in [4.78, 5) is 8.95. The Bertz CT molecular complexity index is 674. The Morgan fingerprint density at radius 2 is 2.18 bits per heavy atom. The molecule has 17 heavy (non-hydrogen) atoms. The molecule has 0 amide bonds. The molecule has 3 rings (SSSR count). The highest BCUT2D eigenvalue weighted by molar-refractivity contribution is 7.22. The molecule has 3 aromatic rings. The van der Waals surface area contributed by atoms with E-state index in [1.54, 1.807) is 22.7 Å². The van der Waals surface area contributed by atoms with Gasteiger partial charge in [-0.3, -0.25) is 0 Å². The minimum Gasteiger partial charge on any atom is -0.325 e. The van der Waals surface area contributed by atoms with E-state index in [2.05, 4.69) is 9.97 Å². The number of hydrogen-bond acceptors (Lipinski definition) is 5. The molecule has 0 fully saturated rings. The van der Waals surface area contributed by atoms with Crippen LogP contribution in [0.15, 0.2) is 23.6 Å². The van der Waals surface area contributed by atoms with Crippen LogP contribution in [0.25, 0.3) is 20.9 Å². The summed E-state index contributed by atoms with van der Waals surface area (Å²) in [6.45, 7) is 0.469. The van der Waals surface area contributed by atoms with E-state index in [9.17, 15) is 0 Å². The van der Waals surface area contributed by atoms with Gasteiger partial charge in [0.15, 0.2) is 0 Å². The number of nitrogens with zero attached hydrogens (tertiary/aromatic N) is 2. The molecule has 0 saturated carbocycles. The highest BCUT2D eigenvalue weighted by Crippen LogP contribution is 2.34. The van der Waals surface area contributed by atoms with Crippen molar-refractivity contribution >= 4 is 44.5 Å². The van der Waals surface area contributed by atoms with Crippen molar-refractivity contribution in [2.45, 2.75) is 6.54 Å². The van der Waals surface area contributed by atoms with Crippen molar-refractivity contribution in [3.63, 3.8) is 0 Å². The third-order valence-corrected chi connectivity index (χ3v) is 4.74. The summed E-state index contributed by atoms with van der Waals surface area (Å²) >= 11 is 9.24. The number of hydrogen-bond donors (Lipinski definition) is 1. The van der Waals surface area contributed by atoms with Crippen molar-refractivity contribution in [3.05, 3.63) is 33.6 Å². The Labute approximate surface area is 111 Å². The maximum Gasteiger partial charge on any atom is 0.144 e. The van der Waals surface area contributed by atoms with E-state index in [-0.39, 0.29) is 0 Å². The van der Waals surface area contributed by atoms with Crippen LogP contribution in [0.1, 0.15) is 5.01 Å². The zero-order valence-corrected chi connectivity index (χ0v) is 11.1. The third kappa shape index (κ3) is 1.95. The Morgan fingerprint density at radius 3 is 2.88 bits per heavy atom. The molecule has 0 unspecified atom stereocenters. The molecule has 0 atom stereocenters. The summed E-state index contributed by atoms with van der Waals surface area (Å²) in [5.74, 6) is 0. The van der Waals surface area contributed by atoms with Crippen LogP contribution >= 0.6 is 34.3 Å². The number of nitrogens with two attached hydrogens (primary N) is 1. The maximum atomic E-state index is 6.12. The summed E-state index contributed by atoms with van der Waals surface area (Å²) in [6.07, 6.45) is 0. The third-order valence-electron chi connectivity index (χ3n) is 2.31. The van der Waals surface area contributed by atoms with Gasteiger partial charge in [0.2, 0.25) is 0 Å². The van der Waals surface area contributed by atoms with Crippen LogP contribution in [0.2, 0.25) is 5.02 Å². The molecule has 1 aromatic carbocycles. The highest BCUT2D eigenvalue weighted by atomic mass is 35.5. The van der Waals surface area contributed by atoms with E-state index >= 15 is 0 Å². The molecule has 0 saturated heterocycles. The van der Waals surface area contributed by atoms with Gasteiger partial charge in [0, 0.05) is 11.9 Å². The van der Waals surface area contributed by atoms with Gasteiger partial charge in [0.25, 0.3) is 0 Å². The molecule has 6 heteroatoms. The van der Waals surface area contributed by atoms with Crippen molar-refractivity contribution in [2.75, 3.05) is 0 Å². The fourth-order valence-corrected chi connectivity index (χ4v) is 3.48. The van der Waals surface area contributed by atoms with Crippen LogP contribution in [0.5, 0.6) is 0 Å². The van der Waals surface area contributed by atoms with E-state index in [0.29, 0.717) is 6.54 Å². The van der Waals surface area contributed by atoms with Gasteiger partial charge in [-0.2, -0.15) is 0 Å². The summed E-state index contributed by atoms with van der Waals surface area (Å²) < 4.78 is 1.01. The van der Waals surface area contributed by atoms with E-state index < -0.39 is 0 Å². The summed E-state index contributed by atoms with van der Waals surface area (Å²) in [5.41, 5.74) is 7.35. The first-order chi connectivity index (χ1) is 8.28. The van der Waals surface area contributed by atoms with E-state index in [0.717, 1.165) is 30.9 Å². The zero-order chi connectivity index (χ0) is 11.8. The number of aromatic nitrogens is 2. The van der Waals surface area contributed by atoms with Gasteiger partial charge in [0.1, 0.15) is 15.7 Å². The Morgan fingerprint density at radius 1 is 1.29 bits per heavy atom. The lowest BCUT2D eigenvalue weighted by atomic mass is 10.3. The molecule has 2 N–H and O–H groups in total. The summed E-state index contributed by atoms with van der Waals surface area (Å²) in [5, 5.41) is 4.53. The van der Waals surface area contributed by atoms with Crippen molar-refractivity contribution in [2.24, 2.45) is 5.73 Å². The monoisotopic (exact) mass is 281 g/mol. The van der Waals surface area contributed by atoms with Crippen molar-refractivity contribution in [1.29, 1.82) is 0 Å². The molecule has 0 radical (unpaired) electrons. The van der Waals surface area contributed by atoms with Crippen LogP contribution in [-0.4, -0.2) is 9.97 Å². The van der Waals surface area contributed by atoms with Gasteiger partial charge in [-0.05, 0) is 12.1 Å². The van der Waals surface area contributed by atoms with E-state index in [4.69, 9.17) is 17.3 Å². The van der Waals surface area contributed by atoms with Crippen molar-refractivity contribution < 1.29 is 0 Å². The van der Waals surface area contributed by atoms with Gasteiger partial charge in [-0.25, -0.2) is 9.97 Å². The second-order valence-electron chi connectivity index (χ2n) is 3.44. The molecule has 0 aliphatic heterocycles. The number of rotatable bonds is 2. The van der Waals surface area contributed by atoms with Crippen LogP contribution in [0.4, 0.5) is 0 Å². The summed E-state index contributed by atoms with van der Waals surface area (Å²) in [6, 6.07) is 5.73. The molecule has 2 heterocycles. The zero-order valence-electron chi connectivity index (χ0n) is 8.68. The minimum absolute atomic E-state index is 0.469. The van der Waals surface area contributed by atoms with Crippen molar-refractivity contribution in [3.8, 4) is 10.7 Å². The molecular weight excluding hydrogens is 274 g/mol. The number of fused-ring (bicyclic) bond motifs is 1. The quantitative estimate of drug-likeness (QED) is 0.782. The highest BCUT2D eigenvalue weighted by Gasteiger charge is 2.11. The Kier molecular flexibility index (Phi) is 2.84. The molecule has 0 spiro atoms.